The predicted octanol–water partition coefficient (Wildman–Crippen LogP) is 7.48. The highest BCUT2D eigenvalue weighted by molar-refractivity contribution is 5.95. The topological polar surface area (TPSA) is 60.2 Å². The van der Waals surface area contributed by atoms with Crippen molar-refractivity contribution in [2.24, 2.45) is 11.8 Å². The third kappa shape index (κ3) is 5.90. The zero-order valence-electron chi connectivity index (χ0n) is 23.5. The fraction of sp³-hybridized carbons (Fsp3) is 0.545. The quantitative estimate of drug-likeness (QED) is 0.305. The Morgan fingerprint density at radius 1 is 0.974 bits per heavy atom. The Morgan fingerprint density at radius 2 is 1.77 bits per heavy atom. The molecule has 0 unspecified atom stereocenters. The number of nitrogens with zero attached hydrogens (tertiary/aromatic N) is 4. The van der Waals surface area contributed by atoms with E-state index in [1.165, 1.54) is 37.8 Å². The second kappa shape index (κ2) is 11.5. The molecule has 0 atom stereocenters. The summed E-state index contributed by atoms with van der Waals surface area (Å²) >= 11 is 0. The zero-order chi connectivity index (χ0) is 26.8. The largest absolute Gasteiger partial charge is 0.495 e. The van der Waals surface area contributed by atoms with Crippen LogP contribution in [0.4, 0.5) is 5.69 Å². The van der Waals surface area contributed by atoms with Crippen LogP contribution in [0, 0.1) is 18.8 Å². The average molecular weight is 527 g/mol. The highest BCUT2D eigenvalue weighted by atomic mass is 16.5. The monoisotopic (exact) mass is 526 g/mol. The number of carbonyl (C=O) groups is 1. The van der Waals surface area contributed by atoms with E-state index < -0.39 is 0 Å². The van der Waals surface area contributed by atoms with Crippen LogP contribution in [0.15, 0.2) is 48.9 Å². The van der Waals surface area contributed by atoms with Crippen molar-refractivity contribution < 1.29 is 9.53 Å². The van der Waals surface area contributed by atoms with E-state index in [0.29, 0.717) is 23.8 Å². The number of rotatable bonds is 8. The summed E-state index contributed by atoms with van der Waals surface area (Å²) in [4.78, 5) is 20.9. The molecule has 6 rings (SSSR count). The predicted molar refractivity (Wildman–Crippen MR) is 155 cm³/mol. The summed E-state index contributed by atoms with van der Waals surface area (Å²) in [5.41, 5.74) is 5.65. The van der Waals surface area contributed by atoms with Gasteiger partial charge in [0.2, 0.25) is 5.91 Å². The lowest BCUT2D eigenvalue weighted by Gasteiger charge is -2.35. The molecule has 206 valence electrons. The third-order valence-electron chi connectivity index (χ3n) is 9.24. The smallest absolute Gasteiger partial charge is 0.230 e. The minimum absolute atomic E-state index is 0.155. The van der Waals surface area contributed by atoms with Gasteiger partial charge in [-0.05, 0) is 93.5 Å². The molecule has 3 aromatic rings. The molecule has 3 aliphatic carbocycles. The number of hydrogen-bond acceptors (Lipinski definition) is 4. The SMILES string of the molecule is COc1cnc(C2CCC(CN(C(=O)C3CCCCC3)c3cccc(-c4cnn(C5CC5)c4)c3)CC2)cc1C. The minimum Gasteiger partial charge on any atom is -0.495 e. The van der Waals surface area contributed by atoms with E-state index in [2.05, 4.69) is 58.1 Å². The summed E-state index contributed by atoms with van der Waals surface area (Å²) in [7, 11) is 1.70. The number of aromatic nitrogens is 3. The zero-order valence-corrected chi connectivity index (χ0v) is 23.5. The van der Waals surface area contributed by atoms with Gasteiger partial charge in [0.1, 0.15) is 5.75 Å². The molecule has 2 heterocycles. The number of hydrogen-bond donors (Lipinski definition) is 0. The van der Waals surface area contributed by atoms with Crippen molar-refractivity contribution in [2.45, 2.75) is 89.5 Å². The van der Waals surface area contributed by atoms with Gasteiger partial charge in [-0.3, -0.25) is 14.5 Å². The first kappa shape index (κ1) is 26.1. The highest BCUT2D eigenvalue weighted by Crippen LogP contribution is 2.39. The van der Waals surface area contributed by atoms with Crippen molar-refractivity contribution in [2.75, 3.05) is 18.6 Å². The molecule has 0 radical (unpaired) electrons. The van der Waals surface area contributed by atoms with E-state index in [-0.39, 0.29) is 5.92 Å². The molecule has 0 spiro atoms. The molecule has 6 nitrogen and oxygen atoms in total. The van der Waals surface area contributed by atoms with Gasteiger partial charge >= 0.3 is 0 Å². The fourth-order valence-electron chi connectivity index (χ4n) is 6.67. The van der Waals surface area contributed by atoms with E-state index in [0.717, 1.165) is 73.2 Å². The molecule has 0 bridgehead atoms. The number of amides is 1. The lowest BCUT2D eigenvalue weighted by atomic mass is 9.79. The summed E-state index contributed by atoms with van der Waals surface area (Å²) in [6.07, 6.45) is 18.6. The Labute approximate surface area is 232 Å². The van der Waals surface area contributed by atoms with Crippen molar-refractivity contribution in [1.29, 1.82) is 0 Å². The van der Waals surface area contributed by atoms with Crippen LogP contribution in [0.1, 0.15) is 93.8 Å². The normalized spacial score (nSPS) is 22.0. The summed E-state index contributed by atoms with van der Waals surface area (Å²) < 4.78 is 7.51. The second-order valence-corrected chi connectivity index (χ2v) is 12.1. The molecule has 39 heavy (non-hydrogen) atoms. The van der Waals surface area contributed by atoms with Crippen LogP contribution in [-0.4, -0.2) is 34.3 Å². The van der Waals surface area contributed by atoms with Crippen molar-refractivity contribution in [3.05, 3.63) is 60.2 Å². The lowest BCUT2D eigenvalue weighted by Crippen LogP contribution is -2.41. The number of pyridine rings is 1. The molecule has 3 fully saturated rings. The molecule has 3 saturated carbocycles. The van der Waals surface area contributed by atoms with E-state index in [4.69, 9.17) is 9.72 Å². The first-order chi connectivity index (χ1) is 19.1. The van der Waals surface area contributed by atoms with Gasteiger partial charge in [-0.25, -0.2) is 0 Å². The summed E-state index contributed by atoms with van der Waals surface area (Å²) in [6, 6.07) is 11.4. The van der Waals surface area contributed by atoms with Gasteiger partial charge in [-0.1, -0.05) is 31.4 Å². The van der Waals surface area contributed by atoms with E-state index in [1.54, 1.807) is 7.11 Å². The van der Waals surface area contributed by atoms with Crippen LogP contribution in [-0.2, 0) is 4.79 Å². The van der Waals surface area contributed by atoms with E-state index in [1.807, 2.05) is 12.4 Å². The van der Waals surface area contributed by atoms with Crippen LogP contribution in [0.5, 0.6) is 5.75 Å². The summed E-state index contributed by atoms with van der Waals surface area (Å²) in [5, 5.41) is 4.60. The van der Waals surface area contributed by atoms with E-state index in [9.17, 15) is 4.79 Å². The van der Waals surface area contributed by atoms with Gasteiger partial charge in [0.15, 0.2) is 0 Å². The van der Waals surface area contributed by atoms with Crippen LogP contribution in [0.3, 0.4) is 0 Å². The molecule has 0 saturated heterocycles. The molecule has 1 amide bonds. The maximum absolute atomic E-state index is 14.0. The van der Waals surface area contributed by atoms with Crippen molar-refractivity contribution in [1.82, 2.24) is 14.8 Å². The molecule has 0 aliphatic heterocycles. The van der Waals surface area contributed by atoms with Crippen LogP contribution < -0.4 is 9.64 Å². The highest BCUT2D eigenvalue weighted by Gasteiger charge is 2.31. The van der Waals surface area contributed by atoms with Crippen LogP contribution in [0.25, 0.3) is 11.1 Å². The Kier molecular flexibility index (Phi) is 7.71. The number of methoxy groups -OCH3 is 1. The molecule has 1 aromatic carbocycles. The van der Waals surface area contributed by atoms with Gasteiger partial charge in [-0.2, -0.15) is 5.10 Å². The number of aryl methyl sites for hydroxylation is 1. The first-order valence-corrected chi connectivity index (χ1v) is 15.1. The summed E-state index contributed by atoms with van der Waals surface area (Å²) in [6.45, 7) is 2.90. The number of carbonyl (C=O) groups excluding carboxylic acids is 1. The maximum atomic E-state index is 14.0. The average Bonchev–Trinajstić information content (AvgIpc) is 3.72. The van der Waals surface area contributed by atoms with Crippen LogP contribution in [0.2, 0.25) is 0 Å². The Hall–Kier alpha value is -3.15. The standard InChI is InChI=1S/C33H42N4O2/c1-23-17-31(34-20-32(23)39-2)25-13-11-24(12-14-25)21-36(33(38)26-7-4-3-5-8-26)30-10-6-9-27(18-30)28-19-35-37(22-28)29-15-16-29/h6,9-10,17-20,22,24-26,29H,3-5,7-8,11-16,21H2,1-2H3. The molecular formula is C33H42N4O2. The molecule has 3 aliphatic rings. The maximum Gasteiger partial charge on any atom is 0.230 e. The van der Waals surface area contributed by atoms with Crippen molar-refractivity contribution in [3.8, 4) is 16.9 Å². The van der Waals surface area contributed by atoms with Crippen molar-refractivity contribution in [3.63, 3.8) is 0 Å². The molecular weight excluding hydrogens is 484 g/mol. The first-order valence-electron chi connectivity index (χ1n) is 15.1. The number of anilines is 1. The molecule has 6 heteroatoms. The minimum atomic E-state index is 0.155. The van der Waals surface area contributed by atoms with Gasteiger partial charge in [-0.15, -0.1) is 0 Å². The van der Waals surface area contributed by atoms with Gasteiger partial charge in [0, 0.05) is 41.5 Å². The Morgan fingerprint density at radius 3 is 2.49 bits per heavy atom. The number of benzene rings is 1. The Bertz CT molecular complexity index is 1280. The van der Waals surface area contributed by atoms with Crippen molar-refractivity contribution >= 4 is 11.6 Å². The van der Waals surface area contributed by atoms with Gasteiger partial charge < -0.3 is 9.64 Å². The molecule has 2 aromatic heterocycles. The van der Waals surface area contributed by atoms with Crippen LogP contribution >= 0.6 is 0 Å². The fourth-order valence-corrected chi connectivity index (χ4v) is 6.67. The second-order valence-electron chi connectivity index (χ2n) is 12.1. The third-order valence-corrected chi connectivity index (χ3v) is 9.24. The molecule has 0 N–H and O–H groups in total. The summed E-state index contributed by atoms with van der Waals surface area (Å²) in [5.74, 6) is 2.33. The lowest BCUT2D eigenvalue weighted by molar-refractivity contribution is -0.123. The van der Waals surface area contributed by atoms with Gasteiger partial charge in [0.25, 0.3) is 0 Å². The Balaban J connectivity index is 1.19. The number of ether oxygens (including phenoxy) is 1. The van der Waals surface area contributed by atoms with Gasteiger partial charge in [0.05, 0.1) is 25.5 Å². The van der Waals surface area contributed by atoms with E-state index >= 15 is 0 Å².